The molecule has 0 saturated heterocycles. The van der Waals surface area contributed by atoms with Crippen molar-refractivity contribution in [2.45, 2.75) is 71.5 Å². The quantitative estimate of drug-likeness (QED) is 0.130. The van der Waals surface area contributed by atoms with E-state index < -0.39 is 12.3 Å². The van der Waals surface area contributed by atoms with Crippen LogP contribution in [0.4, 0.5) is 0 Å². The molecular formula is C27H36O4. The Balaban J connectivity index is 1.83. The zero-order chi connectivity index (χ0) is 22.3. The number of carbonyl (C=O) groups is 1. The first kappa shape index (κ1) is 24.5. The highest BCUT2D eigenvalue weighted by molar-refractivity contribution is 5.81. The zero-order valence-corrected chi connectivity index (χ0v) is 19.0. The van der Waals surface area contributed by atoms with Gasteiger partial charge in [-0.05, 0) is 48.2 Å². The van der Waals surface area contributed by atoms with E-state index in [4.69, 9.17) is 14.2 Å². The molecule has 1 atom stereocenters. The van der Waals surface area contributed by atoms with Gasteiger partial charge in [0.1, 0.15) is 11.5 Å². The third-order valence-electron chi connectivity index (χ3n) is 5.01. The topological polar surface area (TPSA) is 44.8 Å². The number of hydrogen-bond donors (Lipinski definition) is 0. The lowest BCUT2D eigenvalue weighted by atomic mass is 10.1. The minimum absolute atomic E-state index is 0.478. The normalized spacial score (nSPS) is 11.5. The third-order valence-corrected chi connectivity index (χ3v) is 5.01. The molecule has 0 aliphatic carbocycles. The predicted octanol–water partition coefficient (Wildman–Crippen LogP) is 7.33. The van der Waals surface area contributed by atoms with Gasteiger partial charge in [-0.2, -0.15) is 0 Å². The molecule has 0 saturated carbocycles. The molecule has 2 rings (SSSR count). The summed E-state index contributed by atoms with van der Waals surface area (Å²) in [4.78, 5) is 11.5. The van der Waals surface area contributed by atoms with Gasteiger partial charge in [0.05, 0.1) is 6.61 Å². The average Bonchev–Trinajstić information content (AvgIpc) is 2.79. The van der Waals surface area contributed by atoms with Gasteiger partial charge >= 0.3 is 5.97 Å². The van der Waals surface area contributed by atoms with E-state index in [1.807, 2.05) is 43.3 Å². The Morgan fingerprint density at radius 3 is 2.00 bits per heavy atom. The van der Waals surface area contributed by atoms with Crippen LogP contribution in [0.25, 0.3) is 11.1 Å². The molecule has 0 fully saturated rings. The molecule has 0 aliphatic heterocycles. The van der Waals surface area contributed by atoms with Crippen LogP contribution >= 0.6 is 0 Å². The van der Waals surface area contributed by atoms with Gasteiger partial charge in [0.15, 0.2) is 0 Å². The molecule has 0 aromatic heterocycles. The zero-order valence-electron chi connectivity index (χ0n) is 19.0. The number of ether oxygens (including phenoxy) is 3. The van der Waals surface area contributed by atoms with Crippen LogP contribution in [0.3, 0.4) is 0 Å². The van der Waals surface area contributed by atoms with Crippen LogP contribution in [-0.2, 0) is 9.53 Å². The third kappa shape index (κ3) is 9.29. The Morgan fingerprint density at radius 1 is 0.839 bits per heavy atom. The second-order valence-electron chi connectivity index (χ2n) is 7.64. The van der Waals surface area contributed by atoms with Crippen LogP contribution in [0.15, 0.2) is 61.2 Å². The van der Waals surface area contributed by atoms with E-state index in [1.165, 1.54) is 32.1 Å². The number of benzene rings is 2. The Bertz CT molecular complexity index is 765. The highest BCUT2D eigenvalue weighted by Crippen LogP contribution is 2.25. The Kier molecular flexibility index (Phi) is 11.3. The summed E-state index contributed by atoms with van der Waals surface area (Å²) in [6.07, 6.45) is 9.59. The lowest BCUT2D eigenvalue weighted by Crippen LogP contribution is -2.23. The Labute approximate surface area is 187 Å². The van der Waals surface area contributed by atoms with E-state index in [9.17, 15) is 4.79 Å². The molecule has 31 heavy (non-hydrogen) atoms. The van der Waals surface area contributed by atoms with E-state index in [2.05, 4.69) is 25.6 Å². The lowest BCUT2D eigenvalue weighted by molar-refractivity contribution is -0.158. The monoisotopic (exact) mass is 424 g/mol. The van der Waals surface area contributed by atoms with Crippen LogP contribution in [0.1, 0.15) is 65.2 Å². The van der Waals surface area contributed by atoms with Gasteiger partial charge in [-0.1, -0.05) is 76.8 Å². The first-order valence-corrected chi connectivity index (χ1v) is 11.5. The van der Waals surface area contributed by atoms with Crippen molar-refractivity contribution in [2.24, 2.45) is 0 Å². The molecule has 4 nitrogen and oxygen atoms in total. The standard InChI is InChI=1S/C27H36O4/c1-4-7-8-9-10-11-21-29-24-17-13-22(14-18-24)23-15-19-25(20-16-23)30-27(12-5-2)31-26(28)6-3/h6,13-20,27H,3-5,7-12,21H2,1-2H3. The molecular weight excluding hydrogens is 388 g/mol. The minimum atomic E-state index is -0.607. The summed E-state index contributed by atoms with van der Waals surface area (Å²) in [7, 11) is 0. The molecule has 0 radical (unpaired) electrons. The van der Waals surface area contributed by atoms with E-state index in [0.29, 0.717) is 12.2 Å². The molecule has 0 spiro atoms. The van der Waals surface area contributed by atoms with Crippen LogP contribution in [-0.4, -0.2) is 18.9 Å². The van der Waals surface area contributed by atoms with Crippen molar-refractivity contribution in [2.75, 3.05) is 6.61 Å². The summed E-state index contributed by atoms with van der Waals surface area (Å²) in [5, 5.41) is 0. The number of esters is 1. The summed E-state index contributed by atoms with van der Waals surface area (Å²) in [6.45, 7) is 8.45. The van der Waals surface area contributed by atoms with Gasteiger partial charge in [0.25, 0.3) is 0 Å². The largest absolute Gasteiger partial charge is 0.494 e. The molecule has 0 aliphatic rings. The molecule has 0 bridgehead atoms. The van der Waals surface area contributed by atoms with Crippen molar-refractivity contribution in [1.29, 1.82) is 0 Å². The number of rotatable bonds is 15. The average molecular weight is 425 g/mol. The van der Waals surface area contributed by atoms with Crippen molar-refractivity contribution < 1.29 is 19.0 Å². The van der Waals surface area contributed by atoms with Crippen LogP contribution in [0, 0.1) is 0 Å². The maximum absolute atomic E-state index is 11.5. The van der Waals surface area contributed by atoms with Crippen molar-refractivity contribution in [3.63, 3.8) is 0 Å². The van der Waals surface area contributed by atoms with Crippen molar-refractivity contribution >= 4 is 5.97 Å². The Hall–Kier alpha value is -2.75. The molecule has 0 N–H and O–H groups in total. The molecule has 0 heterocycles. The second kappa shape index (κ2) is 14.3. The number of carbonyl (C=O) groups excluding carboxylic acids is 1. The highest BCUT2D eigenvalue weighted by atomic mass is 16.7. The second-order valence-corrected chi connectivity index (χ2v) is 7.64. The summed E-state index contributed by atoms with van der Waals surface area (Å²) in [5.74, 6) is 1.09. The van der Waals surface area contributed by atoms with Gasteiger partial charge in [-0.3, -0.25) is 0 Å². The van der Waals surface area contributed by atoms with Crippen LogP contribution in [0.2, 0.25) is 0 Å². The van der Waals surface area contributed by atoms with Gasteiger partial charge in [0.2, 0.25) is 6.29 Å². The fourth-order valence-electron chi connectivity index (χ4n) is 3.25. The minimum Gasteiger partial charge on any atom is -0.494 e. The van der Waals surface area contributed by atoms with Crippen molar-refractivity contribution in [1.82, 2.24) is 0 Å². The maximum atomic E-state index is 11.5. The molecule has 168 valence electrons. The number of hydrogen-bond acceptors (Lipinski definition) is 4. The van der Waals surface area contributed by atoms with Crippen LogP contribution < -0.4 is 9.47 Å². The van der Waals surface area contributed by atoms with Gasteiger partial charge in [-0.25, -0.2) is 4.79 Å². The van der Waals surface area contributed by atoms with Crippen molar-refractivity contribution in [3.8, 4) is 22.6 Å². The fourth-order valence-corrected chi connectivity index (χ4v) is 3.25. The van der Waals surface area contributed by atoms with Gasteiger partial charge in [0, 0.05) is 12.5 Å². The number of unbranched alkanes of at least 4 members (excludes halogenated alkanes) is 5. The predicted molar refractivity (Wildman–Crippen MR) is 126 cm³/mol. The maximum Gasteiger partial charge on any atom is 0.333 e. The molecule has 4 heteroatoms. The van der Waals surface area contributed by atoms with E-state index in [1.54, 1.807) is 0 Å². The molecule has 0 amide bonds. The van der Waals surface area contributed by atoms with Crippen LogP contribution in [0.5, 0.6) is 11.5 Å². The summed E-state index contributed by atoms with van der Waals surface area (Å²) < 4.78 is 16.9. The van der Waals surface area contributed by atoms with E-state index in [0.717, 1.165) is 42.4 Å². The van der Waals surface area contributed by atoms with Gasteiger partial charge < -0.3 is 14.2 Å². The first-order valence-electron chi connectivity index (χ1n) is 11.5. The first-order chi connectivity index (χ1) is 15.2. The van der Waals surface area contributed by atoms with E-state index >= 15 is 0 Å². The highest BCUT2D eigenvalue weighted by Gasteiger charge is 2.13. The molecule has 1 unspecified atom stereocenters. The molecule has 2 aromatic rings. The summed E-state index contributed by atoms with van der Waals surface area (Å²) in [5.41, 5.74) is 2.20. The smallest absolute Gasteiger partial charge is 0.333 e. The molecule has 2 aromatic carbocycles. The fraction of sp³-hybridized carbons (Fsp3) is 0.444. The Morgan fingerprint density at radius 2 is 1.42 bits per heavy atom. The van der Waals surface area contributed by atoms with E-state index in [-0.39, 0.29) is 0 Å². The summed E-state index contributed by atoms with van der Waals surface area (Å²) >= 11 is 0. The van der Waals surface area contributed by atoms with Gasteiger partial charge in [-0.15, -0.1) is 0 Å². The lowest BCUT2D eigenvalue weighted by Gasteiger charge is -2.18. The summed E-state index contributed by atoms with van der Waals surface area (Å²) in [6, 6.07) is 16.0. The SMILES string of the molecule is C=CC(=O)OC(CCC)Oc1ccc(-c2ccc(OCCCCCCCC)cc2)cc1. The van der Waals surface area contributed by atoms with Crippen molar-refractivity contribution in [3.05, 3.63) is 61.2 Å².